The van der Waals surface area contributed by atoms with Gasteiger partial charge in [0.2, 0.25) is 0 Å². The highest BCUT2D eigenvalue weighted by Crippen LogP contribution is 2.39. The molecule has 0 saturated heterocycles. The number of carbonyl (C=O) groups is 1. The normalized spacial score (nSPS) is 15.5. The quantitative estimate of drug-likeness (QED) is 0.829. The number of hydrogen-bond acceptors (Lipinski definition) is 3. The van der Waals surface area contributed by atoms with Crippen LogP contribution in [-0.2, 0) is 11.2 Å². The summed E-state index contributed by atoms with van der Waals surface area (Å²) >= 11 is 3.56. The SMILES string of the molecule is COc1ccc(CC2=C(C)CCCC2=O)c(Br)c1OC. The van der Waals surface area contributed by atoms with E-state index < -0.39 is 0 Å². The number of allylic oxidation sites excluding steroid dienone is 2. The summed E-state index contributed by atoms with van der Waals surface area (Å²) in [5.74, 6) is 1.63. The Labute approximate surface area is 128 Å². The van der Waals surface area contributed by atoms with Gasteiger partial charge in [0.15, 0.2) is 17.3 Å². The van der Waals surface area contributed by atoms with E-state index in [1.165, 1.54) is 5.57 Å². The molecule has 0 atom stereocenters. The first-order chi connectivity index (χ1) is 9.58. The van der Waals surface area contributed by atoms with Crippen LogP contribution in [0.2, 0.25) is 0 Å². The number of benzene rings is 1. The average molecular weight is 339 g/mol. The highest BCUT2D eigenvalue weighted by atomic mass is 79.9. The molecule has 0 aromatic heterocycles. The van der Waals surface area contributed by atoms with E-state index in [1.807, 2.05) is 12.1 Å². The topological polar surface area (TPSA) is 35.5 Å². The summed E-state index contributed by atoms with van der Waals surface area (Å²) in [5, 5.41) is 0. The molecule has 0 heterocycles. The van der Waals surface area contributed by atoms with Crippen molar-refractivity contribution in [1.29, 1.82) is 0 Å². The van der Waals surface area contributed by atoms with Crippen LogP contribution in [0.15, 0.2) is 27.8 Å². The summed E-state index contributed by atoms with van der Waals surface area (Å²) in [6.07, 6.45) is 3.30. The fourth-order valence-corrected chi connectivity index (χ4v) is 3.19. The first-order valence-corrected chi connectivity index (χ1v) is 7.49. The Morgan fingerprint density at radius 1 is 1.20 bits per heavy atom. The number of ketones is 1. The van der Waals surface area contributed by atoms with Crippen LogP contribution in [0.25, 0.3) is 0 Å². The van der Waals surface area contributed by atoms with Crippen molar-refractivity contribution in [3.8, 4) is 11.5 Å². The Hall–Kier alpha value is -1.29. The molecule has 0 saturated carbocycles. The van der Waals surface area contributed by atoms with E-state index in [4.69, 9.17) is 9.47 Å². The molecular weight excluding hydrogens is 320 g/mol. The molecule has 0 bridgehead atoms. The number of rotatable bonds is 4. The Morgan fingerprint density at radius 2 is 1.95 bits per heavy atom. The van der Waals surface area contributed by atoms with Gasteiger partial charge in [-0.05, 0) is 52.9 Å². The van der Waals surface area contributed by atoms with Crippen LogP contribution in [0.5, 0.6) is 11.5 Å². The molecule has 4 heteroatoms. The van der Waals surface area contributed by atoms with Crippen molar-refractivity contribution < 1.29 is 14.3 Å². The summed E-state index contributed by atoms with van der Waals surface area (Å²) in [6.45, 7) is 2.06. The fourth-order valence-electron chi connectivity index (χ4n) is 2.56. The van der Waals surface area contributed by atoms with Gasteiger partial charge in [-0.1, -0.05) is 11.6 Å². The average Bonchev–Trinajstić information content (AvgIpc) is 2.44. The summed E-state index contributed by atoms with van der Waals surface area (Å²) in [6, 6.07) is 3.86. The number of ether oxygens (including phenoxy) is 2. The van der Waals surface area contributed by atoms with Gasteiger partial charge < -0.3 is 9.47 Å². The molecule has 0 N–H and O–H groups in total. The van der Waals surface area contributed by atoms with Crippen molar-refractivity contribution in [1.82, 2.24) is 0 Å². The van der Waals surface area contributed by atoms with Crippen molar-refractivity contribution in [3.63, 3.8) is 0 Å². The second-order valence-electron chi connectivity index (χ2n) is 4.99. The van der Waals surface area contributed by atoms with E-state index >= 15 is 0 Å². The summed E-state index contributed by atoms with van der Waals surface area (Å²) in [7, 11) is 3.23. The number of hydrogen-bond donors (Lipinski definition) is 0. The predicted octanol–water partition coefficient (Wildman–Crippen LogP) is 4.08. The van der Waals surface area contributed by atoms with Gasteiger partial charge in [0, 0.05) is 12.8 Å². The smallest absolute Gasteiger partial charge is 0.175 e. The van der Waals surface area contributed by atoms with Gasteiger partial charge >= 0.3 is 0 Å². The second kappa shape index (κ2) is 6.44. The monoisotopic (exact) mass is 338 g/mol. The maximum absolute atomic E-state index is 12.1. The lowest BCUT2D eigenvalue weighted by atomic mass is 9.87. The van der Waals surface area contributed by atoms with Crippen LogP contribution >= 0.6 is 15.9 Å². The Bertz CT molecular complexity index is 561. The predicted molar refractivity (Wildman–Crippen MR) is 82.5 cm³/mol. The van der Waals surface area contributed by atoms with Crippen molar-refractivity contribution in [2.24, 2.45) is 0 Å². The second-order valence-corrected chi connectivity index (χ2v) is 5.78. The minimum atomic E-state index is 0.274. The van der Waals surface area contributed by atoms with E-state index in [0.29, 0.717) is 24.3 Å². The van der Waals surface area contributed by atoms with Gasteiger partial charge in [0.05, 0.1) is 18.7 Å². The van der Waals surface area contributed by atoms with E-state index in [1.54, 1.807) is 14.2 Å². The molecule has 0 spiro atoms. The third-order valence-corrected chi connectivity index (χ3v) is 4.61. The minimum absolute atomic E-state index is 0.274. The Morgan fingerprint density at radius 3 is 2.55 bits per heavy atom. The highest BCUT2D eigenvalue weighted by molar-refractivity contribution is 9.10. The van der Waals surface area contributed by atoms with Gasteiger partial charge in [-0.2, -0.15) is 0 Å². The van der Waals surface area contributed by atoms with Gasteiger partial charge in [-0.3, -0.25) is 4.79 Å². The summed E-state index contributed by atoms with van der Waals surface area (Å²) < 4.78 is 11.5. The van der Waals surface area contributed by atoms with Crippen LogP contribution in [0.3, 0.4) is 0 Å². The molecule has 0 unspecified atom stereocenters. The van der Waals surface area contributed by atoms with Crippen molar-refractivity contribution >= 4 is 21.7 Å². The van der Waals surface area contributed by atoms with E-state index in [0.717, 1.165) is 28.5 Å². The number of halogens is 1. The first kappa shape index (κ1) is 15.1. The van der Waals surface area contributed by atoms with Gasteiger partial charge in [0.25, 0.3) is 0 Å². The largest absolute Gasteiger partial charge is 0.493 e. The molecule has 0 radical (unpaired) electrons. The van der Waals surface area contributed by atoms with E-state index in [2.05, 4.69) is 22.9 Å². The lowest BCUT2D eigenvalue weighted by Crippen LogP contribution is -2.13. The molecule has 0 aliphatic heterocycles. The summed E-state index contributed by atoms with van der Waals surface area (Å²) in [5.41, 5.74) is 3.21. The minimum Gasteiger partial charge on any atom is -0.493 e. The molecule has 1 aliphatic carbocycles. The standard InChI is InChI=1S/C16H19BrO3/c1-10-5-4-6-13(18)12(10)9-11-7-8-14(19-2)16(20-3)15(11)17/h7-8H,4-6,9H2,1-3H3. The molecule has 3 nitrogen and oxygen atoms in total. The number of Topliss-reactive ketones (excluding diaryl/α,β-unsaturated/α-hetero) is 1. The number of carbonyl (C=O) groups excluding carboxylic acids is 1. The summed E-state index contributed by atoms with van der Waals surface area (Å²) in [4.78, 5) is 12.1. The van der Waals surface area contributed by atoms with Crippen molar-refractivity contribution in [2.75, 3.05) is 14.2 Å². The molecule has 20 heavy (non-hydrogen) atoms. The zero-order chi connectivity index (χ0) is 14.7. The molecule has 0 amide bonds. The third kappa shape index (κ3) is 2.90. The lowest BCUT2D eigenvalue weighted by molar-refractivity contribution is -0.116. The van der Waals surface area contributed by atoms with E-state index in [9.17, 15) is 4.79 Å². The Kier molecular flexibility index (Phi) is 4.86. The number of methoxy groups -OCH3 is 2. The van der Waals surface area contributed by atoms with Gasteiger partial charge in [-0.25, -0.2) is 0 Å². The van der Waals surface area contributed by atoms with Crippen LogP contribution in [0.4, 0.5) is 0 Å². The molecule has 2 rings (SSSR count). The maximum Gasteiger partial charge on any atom is 0.175 e. The van der Waals surface area contributed by atoms with Gasteiger partial charge in [-0.15, -0.1) is 0 Å². The molecule has 1 aromatic rings. The van der Waals surface area contributed by atoms with Crippen molar-refractivity contribution in [2.45, 2.75) is 32.6 Å². The molecule has 1 aliphatic rings. The Balaban J connectivity index is 2.37. The first-order valence-electron chi connectivity index (χ1n) is 6.69. The third-order valence-electron chi connectivity index (χ3n) is 3.74. The van der Waals surface area contributed by atoms with Crippen LogP contribution in [-0.4, -0.2) is 20.0 Å². The molecular formula is C16H19BrO3. The highest BCUT2D eigenvalue weighted by Gasteiger charge is 2.20. The maximum atomic E-state index is 12.1. The van der Waals surface area contributed by atoms with Gasteiger partial charge in [0.1, 0.15) is 0 Å². The van der Waals surface area contributed by atoms with Crippen LogP contribution < -0.4 is 9.47 Å². The molecule has 1 aromatic carbocycles. The zero-order valence-electron chi connectivity index (χ0n) is 12.1. The molecule has 0 fully saturated rings. The van der Waals surface area contributed by atoms with Crippen molar-refractivity contribution in [3.05, 3.63) is 33.3 Å². The van der Waals surface area contributed by atoms with Crippen LogP contribution in [0, 0.1) is 0 Å². The molecule has 108 valence electrons. The lowest BCUT2D eigenvalue weighted by Gasteiger charge is -2.18. The zero-order valence-corrected chi connectivity index (χ0v) is 13.7. The fraction of sp³-hybridized carbons (Fsp3) is 0.438. The van der Waals surface area contributed by atoms with Crippen LogP contribution in [0.1, 0.15) is 31.7 Å². The van der Waals surface area contributed by atoms with E-state index in [-0.39, 0.29) is 5.78 Å².